The molecule has 2 atom stereocenters. The first kappa shape index (κ1) is 23.8. The van der Waals surface area contributed by atoms with Crippen LogP contribution in [-0.2, 0) is 10.0 Å². The number of benzene rings is 3. The minimum atomic E-state index is -3.38. The van der Waals surface area contributed by atoms with Crippen LogP contribution in [-0.4, -0.2) is 35.7 Å². The largest absolute Gasteiger partial charge is 0.484 e. The van der Waals surface area contributed by atoms with E-state index in [0.717, 1.165) is 27.0 Å². The average Bonchev–Trinajstić information content (AvgIpc) is 3.64. The van der Waals surface area contributed by atoms with E-state index in [4.69, 9.17) is 4.74 Å². The van der Waals surface area contributed by atoms with Gasteiger partial charge in [-0.1, -0.05) is 12.1 Å². The van der Waals surface area contributed by atoms with Crippen LogP contribution in [0.4, 0.5) is 4.39 Å². The fraction of sp³-hybridized carbons (Fsp3) is 0.269. The van der Waals surface area contributed by atoms with Crippen molar-refractivity contribution < 1.29 is 17.5 Å². The van der Waals surface area contributed by atoms with Crippen molar-refractivity contribution in [3.05, 3.63) is 84.3 Å². The molecule has 0 amide bonds. The molecule has 1 aliphatic carbocycles. The Morgan fingerprint density at radius 2 is 1.80 bits per heavy atom. The molecule has 4 aromatic rings. The van der Waals surface area contributed by atoms with E-state index in [1.165, 1.54) is 12.1 Å². The first-order chi connectivity index (χ1) is 16.8. The van der Waals surface area contributed by atoms with E-state index in [-0.39, 0.29) is 11.1 Å². The SMILES string of the molecule is CSc1ccc(C(Oc2ccc3c(cnn3-c3ccc(F)cc3)c2)C(C)NS(=O)(=O)C2CC2)cc1. The third-order valence-electron chi connectivity index (χ3n) is 6.09. The van der Waals surface area contributed by atoms with Crippen molar-refractivity contribution in [1.82, 2.24) is 14.5 Å². The predicted molar refractivity (Wildman–Crippen MR) is 137 cm³/mol. The lowest BCUT2D eigenvalue weighted by atomic mass is 10.0. The number of hydrogen-bond donors (Lipinski definition) is 1. The molecule has 182 valence electrons. The fourth-order valence-electron chi connectivity index (χ4n) is 4.07. The molecule has 5 rings (SSSR count). The Bertz CT molecular complexity index is 1430. The molecule has 2 unspecified atom stereocenters. The van der Waals surface area contributed by atoms with E-state index in [9.17, 15) is 12.8 Å². The molecule has 1 fully saturated rings. The molecule has 1 aliphatic rings. The lowest BCUT2D eigenvalue weighted by Crippen LogP contribution is -2.40. The number of nitrogens with zero attached hydrogens (tertiary/aromatic N) is 2. The molecular weight excluding hydrogens is 485 g/mol. The van der Waals surface area contributed by atoms with E-state index in [0.29, 0.717) is 18.6 Å². The summed E-state index contributed by atoms with van der Waals surface area (Å²) in [6.07, 6.45) is 4.61. The van der Waals surface area contributed by atoms with Crippen LogP contribution < -0.4 is 9.46 Å². The summed E-state index contributed by atoms with van der Waals surface area (Å²) in [6, 6.07) is 19.3. The number of sulfonamides is 1. The monoisotopic (exact) mass is 511 g/mol. The second-order valence-electron chi connectivity index (χ2n) is 8.72. The third-order valence-corrected chi connectivity index (χ3v) is 8.88. The van der Waals surface area contributed by atoms with Crippen molar-refractivity contribution in [3.63, 3.8) is 0 Å². The van der Waals surface area contributed by atoms with E-state index >= 15 is 0 Å². The fourth-order valence-corrected chi connectivity index (χ4v) is 6.07. The zero-order valence-corrected chi connectivity index (χ0v) is 21.0. The lowest BCUT2D eigenvalue weighted by Gasteiger charge is -2.26. The maximum atomic E-state index is 13.3. The maximum absolute atomic E-state index is 13.3. The zero-order valence-electron chi connectivity index (χ0n) is 19.4. The number of rotatable bonds is 9. The van der Waals surface area contributed by atoms with Gasteiger partial charge in [0.15, 0.2) is 0 Å². The molecule has 3 aromatic carbocycles. The van der Waals surface area contributed by atoms with Gasteiger partial charge in [-0.2, -0.15) is 5.10 Å². The van der Waals surface area contributed by atoms with Gasteiger partial charge < -0.3 is 4.74 Å². The van der Waals surface area contributed by atoms with Gasteiger partial charge >= 0.3 is 0 Å². The molecule has 1 heterocycles. The van der Waals surface area contributed by atoms with Gasteiger partial charge in [-0.15, -0.1) is 11.8 Å². The van der Waals surface area contributed by atoms with E-state index in [1.54, 1.807) is 34.8 Å². The normalized spacial score (nSPS) is 15.7. The molecule has 35 heavy (non-hydrogen) atoms. The number of fused-ring (bicyclic) bond motifs is 1. The lowest BCUT2D eigenvalue weighted by molar-refractivity contribution is 0.173. The van der Waals surface area contributed by atoms with Crippen molar-refractivity contribution in [3.8, 4) is 11.4 Å². The van der Waals surface area contributed by atoms with Gasteiger partial charge in [-0.05, 0) is 86.2 Å². The third kappa shape index (κ3) is 5.22. The summed E-state index contributed by atoms with van der Waals surface area (Å²) < 4.78 is 49.5. The summed E-state index contributed by atoms with van der Waals surface area (Å²) >= 11 is 1.64. The van der Waals surface area contributed by atoms with Gasteiger partial charge in [0, 0.05) is 10.3 Å². The first-order valence-electron chi connectivity index (χ1n) is 11.4. The van der Waals surface area contributed by atoms with Crippen molar-refractivity contribution in [1.29, 1.82) is 0 Å². The highest BCUT2D eigenvalue weighted by atomic mass is 32.2. The summed E-state index contributed by atoms with van der Waals surface area (Å²) in [7, 11) is -3.38. The Morgan fingerprint density at radius 1 is 1.09 bits per heavy atom. The minimum absolute atomic E-state index is 0.302. The molecule has 0 saturated heterocycles. The van der Waals surface area contributed by atoms with Gasteiger partial charge in [0.1, 0.15) is 17.7 Å². The second-order valence-corrected chi connectivity index (χ2v) is 11.6. The van der Waals surface area contributed by atoms with E-state index in [2.05, 4.69) is 9.82 Å². The Labute approximate surface area is 208 Å². The second kappa shape index (κ2) is 9.64. The Balaban J connectivity index is 1.44. The highest BCUT2D eigenvalue weighted by Crippen LogP contribution is 2.32. The van der Waals surface area contributed by atoms with Gasteiger partial charge in [0.25, 0.3) is 0 Å². The van der Waals surface area contributed by atoms with E-state index in [1.807, 2.05) is 55.6 Å². The Hall–Kier alpha value is -2.88. The number of halogens is 1. The van der Waals surface area contributed by atoms with Crippen LogP contribution in [0.5, 0.6) is 5.75 Å². The predicted octanol–water partition coefficient (Wildman–Crippen LogP) is 5.48. The number of hydrogen-bond acceptors (Lipinski definition) is 5. The maximum Gasteiger partial charge on any atom is 0.214 e. The van der Waals surface area contributed by atoms with Crippen molar-refractivity contribution in [2.45, 2.75) is 42.1 Å². The summed E-state index contributed by atoms with van der Waals surface area (Å²) in [5.41, 5.74) is 2.49. The smallest absolute Gasteiger partial charge is 0.214 e. The highest BCUT2D eigenvalue weighted by molar-refractivity contribution is 7.98. The van der Waals surface area contributed by atoms with Crippen LogP contribution in [0.1, 0.15) is 31.4 Å². The van der Waals surface area contributed by atoms with Gasteiger partial charge in [0.2, 0.25) is 10.0 Å². The number of nitrogens with one attached hydrogen (secondary N) is 1. The number of aromatic nitrogens is 2. The highest BCUT2D eigenvalue weighted by Gasteiger charge is 2.38. The molecule has 1 N–H and O–H groups in total. The van der Waals surface area contributed by atoms with Gasteiger partial charge in [0.05, 0.1) is 28.7 Å². The standard InChI is InChI=1S/C26H26FN3O3S2/c1-17(29-35(31,32)24-12-13-24)26(18-3-10-23(34-2)11-4-18)33-22-9-14-25-19(15-22)16-28-30(25)21-7-5-20(27)6-8-21/h3-11,14-17,24,26,29H,12-13H2,1-2H3. The van der Waals surface area contributed by atoms with Crippen LogP contribution in [0.15, 0.2) is 77.8 Å². The van der Waals surface area contributed by atoms with Crippen molar-refractivity contribution in [2.75, 3.05) is 6.26 Å². The quantitative estimate of drug-likeness (QED) is 0.302. The van der Waals surface area contributed by atoms with Crippen LogP contribution in [0.3, 0.4) is 0 Å². The molecule has 1 aromatic heterocycles. The summed E-state index contributed by atoms with van der Waals surface area (Å²) in [6.45, 7) is 1.83. The van der Waals surface area contributed by atoms with Crippen LogP contribution >= 0.6 is 11.8 Å². The van der Waals surface area contributed by atoms with Crippen LogP contribution in [0.2, 0.25) is 0 Å². The zero-order chi connectivity index (χ0) is 24.6. The van der Waals surface area contributed by atoms with Crippen molar-refractivity contribution >= 4 is 32.7 Å². The molecule has 9 heteroatoms. The molecule has 6 nitrogen and oxygen atoms in total. The topological polar surface area (TPSA) is 73.2 Å². The summed E-state index contributed by atoms with van der Waals surface area (Å²) in [5, 5.41) is 5.00. The summed E-state index contributed by atoms with van der Waals surface area (Å²) in [5.74, 6) is 0.302. The van der Waals surface area contributed by atoms with Crippen LogP contribution in [0.25, 0.3) is 16.6 Å². The molecule has 0 bridgehead atoms. The van der Waals surface area contributed by atoms with E-state index < -0.39 is 22.2 Å². The van der Waals surface area contributed by atoms with Gasteiger partial charge in [-0.3, -0.25) is 0 Å². The van der Waals surface area contributed by atoms with Crippen LogP contribution in [0, 0.1) is 5.82 Å². The Morgan fingerprint density at radius 3 is 2.46 bits per heavy atom. The average molecular weight is 512 g/mol. The molecule has 0 spiro atoms. The number of thioether (sulfide) groups is 1. The first-order valence-corrected chi connectivity index (χ1v) is 14.2. The summed E-state index contributed by atoms with van der Waals surface area (Å²) in [4.78, 5) is 1.12. The van der Waals surface area contributed by atoms with Crippen molar-refractivity contribution in [2.24, 2.45) is 0 Å². The molecule has 0 radical (unpaired) electrons. The molecule has 0 aliphatic heterocycles. The Kier molecular flexibility index (Phi) is 6.57. The van der Waals surface area contributed by atoms with Gasteiger partial charge in [-0.25, -0.2) is 22.2 Å². The minimum Gasteiger partial charge on any atom is -0.484 e. The molecule has 1 saturated carbocycles. The molecular formula is C26H26FN3O3S2. The number of ether oxygens (including phenoxy) is 1.